The first-order valence-corrected chi connectivity index (χ1v) is 8.12. The van der Waals surface area contributed by atoms with E-state index in [-0.39, 0.29) is 13.0 Å². The summed E-state index contributed by atoms with van der Waals surface area (Å²) in [4.78, 5) is 36.8. The van der Waals surface area contributed by atoms with E-state index in [1.165, 1.54) is 16.8 Å². The van der Waals surface area contributed by atoms with E-state index >= 15 is 0 Å². The number of aliphatic hydroxyl groups is 1. The van der Waals surface area contributed by atoms with Crippen LogP contribution >= 0.6 is 0 Å². The van der Waals surface area contributed by atoms with E-state index in [4.69, 9.17) is 9.47 Å². The molecule has 0 radical (unpaired) electrons. The molecule has 1 aliphatic rings. The number of hydrogen-bond acceptors (Lipinski definition) is 6. The molecular weight excluding hydrogens is 342 g/mol. The van der Waals surface area contributed by atoms with Crippen molar-refractivity contribution in [3.8, 4) is 0 Å². The molecule has 2 aromatic rings. The summed E-state index contributed by atoms with van der Waals surface area (Å²) in [7, 11) is 0. The van der Waals surface area contributed by atoms with Crippen LogP contribution < -0.4 is 16.6 Å². The molecule has 1 fully saturated rings. The van der Waals surface area contributed by atoms with Crippen LogP contribution in [0, 0.1) is 0 Å². The van der Waals surface area contributed by atoms with E-state index in [1.54, 1.807) is 0 Å². The number of carbonyl (C=O) groups is 1. The minimum absolute atomic E-state index is 0.144. The number of ether oxygens (including phenoxy) is 2. The Morgan fingerprint density at radius 1 is 1.31 bits per heavy atom. The zero-order valence-corrected chi connectivity index (χ0v) is 13.8. The molecule has 0 aliphatic carbocycles. The number of benzene rings is 1. The molecule has 1 amide bonds. The number of nitrogens with one attached hydrogen (secondary N) is 2. The van der Waals surface area contributed by atoms with Gasteiger partial charge in [-0.2, -0.15) is 0 Å². The number of H-pyrrole nitrogens is 1. The van der Waals surface area contributed by atoms with E-state index in [1.807, 2.05) is 30.3 Å². The molecule has 3 N–H and O–H groups in total. The van der Waals surface area contributed by atoms with Crippen molar-refractivity contribution in [2.45, 2.75) is 31.4 Å². The summed E-state index contributed by atoms with van der Waals surface area (Å²) in [6.45, 7) is 0.166. The monoisotopic (exact) mass is 361 g/mol. The first kappa shape index (κ1) is 17.9. The van der Waals surface area contributed by atoms with Crippen molar-refractivity contribution in [2.24, 2.45) is 0 Å². The molecule has 1 saturated heterocycles. The standard InChI is InChI=1S/C17H19N3O6/c21-12-8-15(20-7-6-14(22)19-16(20)23)26-13(12)10-25-17(24)18-9-11-4-2-1-3-5-11/h1-7,12-13,15,21H,8-10H2,(H,18,24)(H,19,22,23)/t12-,13+,15+/m0/s1. The van der Waals surface area contributed by atoms with Crippen molar-refractivity contribution in [3.63, 3.8) is 0 Å². The van der Waals surface area contributed by atoms with Crippen molar-refractivity contribution in [1.82, 2.24) is 14.9 Å². The van der Waals surface area contributed by atoms with Gasteiger partial charge in [0.05, 0.1) is 6.10 Å². The maximum Gasteiger partial charge on any atom is 0.407 e. The fourth-order valence-corrected chi connectivity index (χ4v) is 2.67. The maximum absolute atomic E-state index is 11.8. The Hall–Kier alpha value is -2.91. The minimum Gasteiger partial charge on any atom is -0.447 e. The lowest BCUT2D eigenvalue weighted by atomic mass is 10.2. The van der Waals surface area contributed by atoms with E-state index in [2.05, 4.69) is 10.3 Å². The summed E-state index contributed by atoms with van der Waals surface area (Å²) in [6.07, 6.45) is -1.59. The molecule has 1 aromatic carbocycles. The number of rotatable bonds is 5. The minimum atomic E-state index is -0.902. The zero-order chi connectivity index (χ0) is 18.5. The van der Waals surface area contributed by atoms with Gasteiger partial charge in [0.25, 0.3) is 5.56 Å². The van der Waals surface area contributed by atoms with Gasteiger partial charge >= 0.3 is 11.8 Å². The average molecular weight is 361 g/mol. The number of amides is 1. The largest absolute Gasteiger partial charge is 0.447 e. The molecule has 0 unspecified atom stereocenters. The Balaban J connectivity index is 1.50. The molecule has 138 valence electrons. The van der Waals surface area contributed by atoms with Crippen molar-refractivity contribution in [2.75, 3.05) is 6.61 Å². The predicted octanol–water partition coefficient (Wildman–Crippen LogP) is 0.111. The third kappa shape index (κ3) is 4.38. The highest BCUT2D eigenvalue weighted by Gasteiger charge is 2.36. The van der Waals surface area contributed by atoms with Gasteiger partial charge in [0.15, 0.2) is 0 Å². The Labute approximate surface area is 148 Å². The molecule has 9 heteroatoms. The lowest BCUT2D eigenvalue weighted by Crippen LogP contribution is -2.33. The molecular formula is C17H19N3O6. The van der Waals surface area contributed by atoms with Crippen LogP contribution in [0.2, 0.25) is 0 Å². The Bertz CT molecular complexity index is 863. The van der Waals surface area contributed by atoms with Crippen LogP contribution in [0.1, 0.15) is 18.2 Å². The highest BCUT2D eigenvalue weighted by atomic mass is 16.6. The quantitative estimate of drug-likeness (QED) is 0.695. The summed E-state index contributed by atoms with van der Waals surface area (Å²) >= 11 is 0. The van der Waals surface area contributed by atoms with Gasteiger partial charge in [0.2, 0.25) is 0 Å². The lowest BCUT2D eigenvalue weighted by molar-refractivity contribution is -0.0489. The molecule has 9 nitrogen and oxygen atoms in total. The van der Waals surface area contributed by atoms with Gasteiger partial charge in [-0.05, 0) is 5.56 Å². The van der Waals surface area contributed by atoms with Crippen LogP contribution in [0.5, 0.6) is 0 Å². The third-order valence-electron chi connectivity index (χ3n) is 4.02. The number of aliphatic hydroxyl groups excluding tert-OH is 1. The summed E-state index contributed by atoms with van der Waals surface area (Å²) in [5.41, 5.74) is -0.212. The van der Waals surface area contributed by atoms with Crippen molar-refractivity contribution in [3.05, 3.63) is 69.0 Å². The number of nitrogens with zero attached hydrogens (tertiary/aromatic N) is 1. The summed E-state index contributed by atoms with van der Waals surface area (Å²) in [6, 6.07) is 10.5. The fourth-order valence-electron chi connectivity index (χ4n) is 2.67. The van der Waals surface area contributed by atoms with Gasteiger partial charge in [0, 0.05) is 25.2 Å². The van der Waals surface area contributed by atoms with Crippen LogP contribution in [0.25, 0.3) is 0 Å². The van der Waals surface area contributed by atoms with Gasteiger partial charge in [-0.15, -0.1) is 0 Å². The summed E-state index contributed by atoms with van der Waals surface area (Å²) < 4.78 is 11.8. The smallest absolute Gasteiger partial charge is 0.407 e. The molecule has 3 rings (SSSR count). The van der Waals surface area contributed by atoms with Gasteiger partial charge in [-0.1, -0.05) is 30.3 Å². The molecule has 1 aromatic heterocycles. The SMILES string of the molecule is O=C(NCc1ccccc1)OC[C@H]1O[C@@H](n2ccc(=O)[nH]c2=O)C[C@@H]1O. The van der Waals surface area contributed by atoms with E-state index in [0.29, 0.717) is 6.54 Å². The van der Waals surface area contributed by atoms with Crippen molar-refractivity contribution >= 4 is 6.09 Å². The Morgan fingerprint density at radius 2 is 2.08 bits per heavy atom. The van der Waals surface area contributed by atoms with Crippen LogP contribution in [-0.4, -0.2) is 39.6 Å². The first-order chi connectivity index (χ1) is 12.5. The Kier molecular flexibility index (Phi) is 5.49. The molecule has 26 heavy (non-hydrogen) atoms. The number of alkyl carbamates (subject to hydrolysis) is 1. The average Bonchev–Trinajstić information content (AvgIpc) is 2.99. The molecule has 0 saturated carbocycles. The Morgan fingerprint density at radius 3 is 2.81 bits per heavy atom. The molecule has 2 heterocycles. The fraction of sp³-hybridized carbons (Fsp3) is 0.353. The van der Waals surface area contributed by atoms with Crippen LogP contribution in [0.15, 0.2) is 52.2 Å². The number of aromatic nitrogens is 2. The van der Waals surface area contributed by atoms with Crippen LogP contribution in [-0.2, 0) is 16.0 Å². The molecule has 3 atom stereocenters. The highest BCUT2D eigenvalue weighted by molar-refractivity contribution is 5.67. The number of aromatic amines is 1. The lowest BCUT2D eigenvalue weighted by Gasteiger charge is -2.16. The maximum atomic E-state index is 11.8. The van der Waals surface area contributed by atoms with Crippen molar-refractivity contribution in [1.29, 1.82) is 0 Å². The van der Waals surface area contributed by atoms with E-state index < -0.39 is 35.8 Å². The number of hydrogen-bond donors (Lipinski definition) is 3. The third-order valence-corrected chi connectivity index (χ3v) is 4.02. The van der Waals surface area contributed by atoms with Crippen molar-refractivity contribution < 1.29 is 19.4 Å². The second kappa shape index (κ2) is 7.98. The zero-order valence-electron chi connectivity index (χ0n) is 13.8. The van der Waals surface area contributed by atoms with Crippen LogP contribution in [0.4, 0.5) is 4.79 Å². The summed E-state index contributed by atoms with van der Waals surface area (Å²) in [5.74, 6) is 0. The van der Waals surface area contributed by atoms with Crippen LogP contribution in [0.3, 0.4) is 0 Å². The van der Waals surface area contributed by atoms with Gasteiger partial charge in [-0.3, -0.25) is 14.3 Å². The first-order valence-electron chi connectivity index (χ1n) is 8.12. The predicted molar refractivity (Wildman–Crippen MR) is 90.5 cm³/mol. The van der Waals surface area contributed by atoms with E-state index in [0.717, 1.165) is 5.56 Å². The highest BCUT2D eigenvalue weighted by Crippen LogP contribution is 2.27. The normalized spacial score (nSPS) is 22.1. The molecule has 1 aliphatic heterocycles. The number of carbonyl (C=O) groups excluding carboxylic acids is 1. The summed E-state index contributed by atoms with van der Waals surface area (Å²) in [5, 5.41) is 12.7. The van der Waals surface area contributed by atoms with Gasteiger partial charge in [0.1, 0.15) is 18.9 Å². The van der Waals surface area contributed by atoms with Gasteiger partial charge in [-0.25, -0.2) is 9.59 Å². The second-order valence-corrected chi connectivity index (χ2v) is 5.89. The molecule has 0 spiro atoms. The van der Waals surface area contributed by atoms with E-state index in [9.17, 15) is 19.5 Å². The second-order valence-electron chi connectivity index (χ2n) is 5.89. The van der Waals surface area contributed by atoms with Gasteiger partial charge < -0.3 is 19.9 Å². The topological polar surface area (TPSA) is 123 Å². The molecule has 0 bridgehead atoms.